The summed E-state index contributed by atoms with van der Waals surface area (Å²) in [4.78, 5) is 29.0. The Hall–Kier alpha value is -3.29. The van der Waals surface area contributed by atoms with Crippen LogP contribution in [0.1, 0.15) is 46.1 Å². The first-order valence-electron chi connectivity index (χ1n) is 9.59. The van der Waals surface area contributed by atoms with E-state index in [1.54, 1.807) is 42.2 Å². The third kappa shape index (κ3) is 3.35. The highest BCUT2D eigenvalue weighted by molar-refractivity contribution is 5.97. The maximum Gasteiger partial charge on any atom is 0.289 e. The van der Waals surface area contributed by atoms with E-state index in [1.165, 1.54) is 0 Å². The normalized spacial score (nSPS) is 13.6. The van der Waals surface area contributed by atoms with E-state index in [2.05, 4.69) is 10.2 Å². The smallest absolute Gasteiger partial charge is 0.289 e. The number of furan rings is 1. The summed E-state index contributed by atoms with van der Waals surface area (Å²) in [7, 11) is 3.37. The van der Waals surface area contributed by atoms with Crippen molar-refractivity contribution in [3.05, 3.63) is 47.0 Å². The molecule has 1 aromatic carbocycles. The van der Waals surface area contributed by atoms with Crippen molar-refractivity contribution >= 4 is 22.8 Å². The summed E-state index contributed by atoms with van der Waals surface area (Å²) in [5, 5.41) is 7.99. The van der Waals surface area contributed by atoms with Gasteiger partial charge in [-0.1, -0.05) is 0 Å². The van der Waals surface area contributed by atoms with E-state index >= 15 is 0 Å². The SMILES string of the molecule is COc1ccc2oc(C(=O)N3CCc4c(C(=O)N(C)C(C)C)n[nH]c4C3)cc2c1. The number of ether oxygens (including phenoxy) is 1. The number of H-pyrrole nitrogens is 1. The molecule has 8 heteroatoms. The van der Waals surface area contributed by atoms with Crippen LogP contribution in [0.15, 0.2) is 28.7 Å². The second-order valence-corrected chi connectivity index (χ2v) is 7.53. The van der Waals surface area contributed by atoms with Gasteiger partial charge in [0.2, 0.25) is 0 Å². The number of amides is 2. The Balaban J connectivity index is 1.54. The number of aromatic nitrogens is 2. The molecule has 29 heavy (non-hydrogen) atoms. The van der Waals surface area contributed by atoms with Gasteiger partial charge in [0.15, 0.2) is 11.5 Å². The number of methoxy groups -OCH3 is 1. The molecule has 0 fully saturated rings. The lowest BCUT2D eigenvalue weighted by Crippen LogP contribution is -2.37. The van der Waals surface area contributed by atoms with Crippen molar-refractivity contribution in [1.29, 1.82) is 0 Å². The Morgan fingerprint density at radius 2 is 2.10 bits per heavy atom. The van der Waals surface area contributed by atoms with Gasteiger partial charge in [-0.15, -0.1) is 0 Å². The van der Waals surface area contributed by atoms with E-state index in [-0.39, 0.29) is 23.6 Å². The summed E-state index contributed by atoms with van der Waals surface area (Å²) in [5.41, 5.74) is 2.76. The van der Waals surface area contributed by atoms with Crippen molar-refractivity contribution in [3.8, 4) is 5.75 Å². The van der Waals surface area contributed by atoms with Crippen LogP contribution in [0.4, 0.5) is 0 Å². The quantitative estimate of drug-likeness (QED) is 0.732. The van der Waals surface area contributed by atoms with Crippen LogP contribution in [-0.2, 0) is 13.0 Å². The van der Waals surface area contributed by atoms with Gasteiger partial charge < -0.3 is 19.0 Å². The molecule has 1 N–H and O–H groups in total. The number of nitrogens with zero attached hydrogens (tertiary/aromatic N) is 3. The maximum atomic E-state index is 13.0. The predicted octanol–water partition coefficient (Wildman–Crippen LogP) is 2.84. The molecule has 2 amide bonds. The summed E-state index contributed by atoms with van der Waals surface area (Å²) in [5.74, 6) is 0.698. The molecule has 8 nitrogen and oxygen atoms in total. The Bertz CT molecular complexity index is 1080. The van der Waals surface area contributed by atoms with Crippen LogP contribution in [0.3, 0.4) is 0 Å². The number of benzene rings is 1. The van der Waals surface area contributed by atoms with Crippen molar-refractivity contribution in [1.82, 2.24) is 20.0 Å². The van der Waals surface area contributed by atoms with E-state index in [0.717, 1.165) is 16.6 Å². The van der Waals surface area contributed by atoms with Crippen molar-refractivity contribution in [2.75, 3.05) is 20.7 Å². The molecule has 1 aliphatic heterocycles. The summed E-state index contributed by atoms with van der Waals surface area (Å²) in [6.45, 7) is 4.78. The van der Waals surface area contributed by atoms with Crippen LogP contribution in [0, 0.1) is 0 Å². The van der Waals surface area contributed by atoms with Gasteiger partial charge in [0, 0.05) is 30.6 Å². The minimum Gasteiger partial charge on any atom is -0.497 e. The molecule has 0 unspecified atom stereocenters. The van der Waals surface area contributed by atoms with Crippen LogP contribution in [-0.4, -0.2) is 58.6 Å². The number of fused-ring (bicyclic) bond motifs is 2. The topological polar surface area (TPSA) is 91.7 Å². The van der Waals surface area contributed by atoms with Crippen molar-refractivity contribution < 1.29 is 18.7 Å². The Kier molecular flexibility index (Phi) is 4.77. The van der Waals surface area contributed by atoms with Crippen LogP contribution >= 0.6 is 0 Å². The van der Waals surface area contributed by atoms with Crippen molar-refractivity contribution in [2.45, 2.75) is 32.9 Å². The van der Waals surface area contributed by atoms with Gasteiger partial charge in [-0.2, -0.15) is 5.10 Å². The zero-order valence-corrected chi connectivity index (χ0v) is 17.0. The van der Waals surface area contributed by atoms with Gasteiger partial charge in [-0.25, -0.2) is 0 Å². The molecular weight excluding hydrogens is 372 g/mol. The highest BCUT2D eigenvalue weighted by Gasteiger charge is 2.30. The van der Waals surface area contributed by atoms with Gasteiger partial charge >= 0.3 is 0 Å². The molecule has 1 aliphatic rings. The third-order valence-corrected chi connectivity index (χ3v) is 5.45. The molecule has 0 saturated carbocycles. The molecule has 0 spiro atoms. The summed E-state index contributed by atoms with van der Waals surface area (Å²) < 4.78 is 11.0. The van der Waals surface area contributed by atoms with Crippen LogP contribution in [0.2, 0.25) is 0 Å². The van der Waals surface area contributed by atoms with Crippen molar-refractivity contribution in [2.24, 2.45) is 0 Å². The zero-order valence-electron chi connectivity index (χ0n) is 17.0. The summed E-state index contributed by atoms with van der Waals surface area (Å²) in [6, 6.07) is 7.24. The summed E-state index contributed by atoms with van der Waals surface area (Å²) in [6.07, 6.45) is 0.568. The van der Waals surface area contributed by atoms with Gasteiger partial charge in [0.1, 0.15) is 11.3 Å². The van der Waals surface area contributed by atoms with Gasteiger partial charge in [-0.3, -0.25) is 14.7 Å². The molecule has 0 radical (unpaired) electrons. The first-order chi connectivity index (χ1) is 13.9. The summed E-state index contributed by atoms with van der Waals surface area (Å²) >= 11 is 0. The molecule has 0 saturated heterocycles. The second kappa shape index (κ2) is 7.27. The predicted molar refractivity (Wildman–Crippen MR) is 107 cm³/mol. The van der Waals surface area contributed by atoms with E-state index < -0.39 is 0 Å². The number of nitrogens with one attached hydrogen (secondary N) is 1. The highest BCUT2D eigenvalue weighted by Crippen LogP contribution is 2.27. The fourth-order valence-electron chi connectivity index (χ4n) is 3.48. The minimum absolute atomic E-state index is 0.0863. The molecular formula is C21H24N4O4. The fraction of sp³-hybridized carbons (Fsp3) is 0.381. The first kappa shape index (κ1) is 19.0. The fourth-order valence-corrected chi connectivity index (χ4v) is 3.48. The van der Waals surface area contributed by atoms with Gasteiger partial charge in [0.25, 0.3) is 11.8 Å². The number of carbonyl (C=O) groups is 2. The van der Waals surface area contributed by atoms with Gasteiger partial charge in [0.05, 0.1) is 19.3 Å². The minimum atomic E-state index is -0.187. The lowest BCUT2D eigenvalue weighted by molar-refractivity contribution is 0.0702. The Morgan fingerprint density at radius 3 is 2.83 bits per heavy atom. The third-order valence-electron chi connectivity index (χ3n) is 5.45. The maximum absolute atomic E-state index is 13.0. The Morgan fingerprint density at radius 1 is 1.31 bits per heavy atom. The number of hydrogen-bond acceptors (Lipinski definition) is 5. The monoisotopic (exact) mass is 396 g/mol. The molecule has 3 heterocycles. The van der Waals surface area contributed by atoms with E-state index in [1.807, 2.05) is 19.9 Å². The number of carbonyl (C=O) groups excluding carboxylic acids is 2. The molecule has 4 rings (SSSR count). The lowest BCUT2D eigenvalue weighted by atomic mass is 10.0. The Labute approximate surface area is 168 Å². The van der Waals surface area contributed by atoms with Crippen LogP contribution in [0.5, 0.6) is 5.75 Å². The number of rotatable bonds is 4. The largest absolute Gasteiger partial charge is 0.497 e. The molecule has 0 bridgehead atoms. The zero-order chi connectivity index (χ0) is 20.7. The molecule has 0 atom stereocenters. The molecule has 3 aromatic rings. The number of aromatic amines is 1. The number of hydrogen-bond donors (Lipinski definition) is 1. The van der Waals surface area contributed by atoms with Crippen LogP contribution < -0.4 is 4.74 Å². The lowest BCUT2D eigenvalue weighted by Gasteiger charge is -2.26. The van der Waals surface area contributed by atoms with Crippen molar-refractivity contribution in [3.63, 3.8) is 0 Å². The first-order valence-corrected chi connectivity index (χ1v) is 9.59. The standard InChI is InChI=1S/C21H24N4O4/c1-12(2)24(3)21(27)19-15-7-8-25(11-16(15)22-23-19)20(26)18-10-13-9-14(28-4)5-6-17(13)29-18/h5-6,9-10,12H,7-8,11H2,1-4H3,(H,22,23). The van der Waals surface area contributed by atoms with E-state index in [9.17, 15) is 9.59 Å². The molecule has 0 aliphatic carbocycles. The molecule has 2 aromatic heterocycles. The average molecular weight is 396 g/mol. The van der Waals surface area contributed by atoms with Gasteiger partial charge in [-0.05, 0) is 44.5 Å². The van der Waals surface area contributed by atoms with E-state index in [0.29, 0.717) is 36.5 Å². The average Bonchev–Trinajstić information content (AvgIpc) is 3.34. The molecule has 152 valence electrons. The van der Waals surface area contributed by atoms with Crippen LogP contribution in [0.25, 0.3) is 11.0 Å². The second-order valence-electron chi connectivity index (χ2n) is 7.53. The highest BCUT2D eigenvalue weighted by atomic mass is 16.5. The van der Waals surface area contributed by atoms with E-state index in [4.69, 9.17) is 9.15 Å².